The van der Waals surface area contributed by atoms with E-state index in [-0.39, 0.29) is 11.7 Å². The predicted molar refractivity (Wildman–Crippen MR) is 103 cm³/mol. The van der Waals surface area contributed by atoms with Crippen LogP contribution in [0.15, 0.2) is 66.0 Å². The van der Waals surface area contributed by atoms with E-state index in [0.717, 1.165) is 27.5 Å². The molecule has 0 saturated carbocycles. The number of aromatic nitrogens is 2. The van der Waals surface area contributed by atoms with Crippen molar-refractivity contribution in [2.45, 2.75) is 11.9 Å². The van der Waals surface area contributed by atoms with Crippen molar-refractivity contribution in [1.82, 2.24) is 9.97 Å². The van der Waals surface area contributed by atoms with Gasteiger partial charge in [0.2, 0.25) is 5.91 Å². The molecule has 6 heteroatoms. The molecular formula is C19H16ClN3OS. The number of halogens is 1. The number of hydrogen-bond donors (Lipinski definition) is 1. The number of anilines is 1. The van der Waals surface area contributed by atoms with Gasteiger partial charge in [0, 0.05) is 16.3 Å². The fraction of sp³-hybridized carbons (Fsp3) is 0.105. The highest BCUT2D eigenvalue weighted by Crippen LogP contribution is 2.23. The van der Waals surface area contributed by atoms with Crippen LogP contribution in [0.2, 0.25) is 5.02 Å². The Balaban J connectivity index is 1.62. The van der Waals surface area contributed by atoms with E-state index in [4.69, 9.17) is 11.6 Å². The van der Waals surface area contributed by atoms with Gasteiger partial charge in [0.05, 0.1) is 11.4 Å². The molecule has 1 amide bonds. The van der Waals surface area contributed by atoms with E-state index < -0.39 is 0 Å². The van der Waals surface area contributed by atoms with Crippen LogP contribution in [0.25, 0.3) is 11.3 Å². The molecule has 3 rings (SSSR count). The van der Waals surface area contributed by atoms with E-state index in [1.807, 2.05) is 49.4 Å². The highest BCUT2D eigenvalue weighted by atomic mass is 35.5. The zero-order chi connectivity index (χ0) is 17.6. The molecule has 3 aromatic rings. The average molecular weight is 370 g/mol. The van der Waals surface area contributed by atoms with Gasteiger partial charge in [-0.2, -0.15) is 0 Å². The number of carbonyl (C=O) groups excluding carboxylic acids is 1. The zero-order valence-corrected chi connectivity index (χ0v) is 15.1. The maximum absolute atomic E-state index is 12.2. The molecule has 0 spiro atoms. The highest BCUT2D eigenvalue weighted by molar-refractivity contribution is 7.99. The van der Waals surface area contributed by atoms with Gasteiger partial charge >= 0.3 is 0 Å². The number of amides is 1. The Morgan fingerprint density at radius 2 is 1.92 bits per heavy atom. The molecule has 1 heterocycles. The van der Waals surface area contributed by atoms with Crippen LogP contribution < -0.4 is 5.32 Å². The fourth-order valence-corrected chi connectivity index (χ4v) is 3.17. The summed E-state index contributed by atoms with van der Waals surface area (Å²) >= 11 is 7.31. The number of hydrogen-bond acceptors (Lipinski definition) is 4. The number of nitrogens with one attached hydrogen (secondary N) is 1. The van der Waals surface area contributed by atoms with Crippen LogP contribution in [-0.4, -0.2) is 21.6 Å². The van der Waals surface area contributed by atoms with Crippen LogP contribution in [0.4, 0.5) is 5.69 Å². The summed E-state index contributed by atoms with van der Waals surface area (Å²) < 4.78 is 0. The topological polar surface area (TPSA) is 54.9 Å². The van der Waals surface area contributed by atoms with E-state index >= 15 is 0 Å². The van der Waals surface area contributed by atoms with Crippen LogP contribution in [0.3, 0.4) is 0 Å². The molecule has 126 valence electrons. The Labute approximate surface area is 155 Å². The molecule has 2 aromatic carbocycles. The van der Waals surface area contributed by atoms with E-state index in [2.05, 4.69) is 15.3 Å². The first-order valence-electron chi connectivity index (χ1n) is 7.68. The maximum atomic E-state index is 12.2. The standard InChI is InChI=1S/C19H16ClN3OS/c1-13-9-15(20)7-8-16(13)23-18(24)11-25-19-10-17(21-12-22-19)14-5-3-2-4-6-14/h2-10,12H,11H2,1H3,(H,23,24). The van der Waals surface area contributed by atoms with Gasteiger partial charge in [-0.15, -0.1) is 0 Å². The summed E-state index contributed by atoms with van der Waals surface area (Å²) in [6.07, 6.45) is 1.52. The van der Waals surface area contributed by atoms with Gasteiger partial charge < -0.3 is 5.32 Å². The summed E-state index contributed by atoms with van der Waals surface area (Å²) in [4.78, 5) is 20.7. The molecule has 0 atom stereocenters. The number of rotatable bonds is 5. The third-order valence-corrected chi connectivity index (χ3v) is 4.69. The molecule has 25 heavy (non-hydrogen) atoms. The van der Waals surface area contributed by atoms with E-state index in [1.54, 1.807) is 12.1 Å². The Morgan fingerprint density at radius 1 is 1.12 bits per heavy atom. The zero-order valence-electron chi connectivity index (χ0n) is 13.6. The van der Waals surface area contributed by atoms with Crippen molar-refractivity contribution in [2.75, 3.05) is 11.1 Å². The minimum absolute atomic E-state index is 0.0877. The predicted octanol–water partition coefficient (Wildman–Crippen LogP) is 4.84. The number of benzene rings is 2. The largest absolute Gasteiger partial charge is 0.325 e. The third kappa shape index (κ3) is 4.81. The smallest absolute Gasteiger partial charge is 0.234 e. The Bertz CT molecular complexity index is 887. The SMILES string of the molecule is Cc1cc(Cl)ccc1NC(=O)CSc1cc(-c2ccccc2)ncn1. The first kappa shape index (κ1) is 17.5. The Kier molecular flexibility index (Phi) is 5.68. The third-order valence-electron chi connectivity index (χ3n) is 3.53. The lowest BCUT2D eigenvalue weighted by molar-refractivity contribution is -0.113. The van der Waals surface area contributed by atoms with Crippen molar-refractivity contribution >= 4 is 35.0 Å². The monoisotopic (exact) mass is 369 g/mol. The van der Waals surface area contributed by atoms with E-state index in [9.17, 15) is 4.79 Å². The van der Waals surface area contributed by atoms with E-state index in [1.165, 1.54) is 18.1 Å². The summed E-state index contributed by atoms with van der Waals surface area (Å²) in [6, 6.07) is 17.1. The Hall–Kier alpha value is -2.37. The second-order valence-corrected chi connectivity index (χ2v) is 6.84. The lowest BCUT2D eigenvalue weighted by atomic mass is 10.1. The van der Waals surface area contributed by atoms with Crippen LogP contribution in [0.1, 0.15) is 5.56 Å². The second kappa shape index (κ2) is 8.14. The molecule has 1 aromatic heterocycles. The maximum Gasteiger partial charge on any atom is 0.234 e. The molecule has 0 radical (unpaired) electrons. The van der Waals surface area contributed by atoms with Crippen molar-refractivity contribution in [3.05, 3.63) is 71.5 Å². The second-order valence-electron chi connectivity index (χ2n) is 5.40. The van der Waals surface area contributed by atoms with Gasteiger partial charge in [-0.05, 0) is 36.8 Å². The van der Waals surface area contributed by atoms with Gasteiger partial charge in [0.1, 0.15) is 11.4 Å². The summed E-state index contributed by atoms with van der Waals surface area (Å²) in [5.74, 6) is 0.183. The summed E-state index contributed by atoms with van der Waals surface area (Å²) in [5, 5.41) is 4.31. The van der Waals surface area contributed by atoms with Gasteiger partial charge in [-0.3, -0.25) is 4.79 Å². The van der Waals surface area contributed by atoms with Crippen molar-refractivity contribution < 1.29 is 4.79 Å². The van der Waals surface area contributed by atoms with Crippen LogP contribution in [0.5, 0.6) is 0 Å². The van der Waals surface area contributed by atoms with Crippen molar-refractivity contribution in [3.8, 4) is 11.3 Å². The summed E-state index contributed by atoms with van der Waals surface area (Å²) in [5.41, 5.74) is 3.56. The molecule has 0 unspecified atom stereocenters. The van der Waals surface area contributed by atoms with Crippen molar-refractivity contribution in [2.24, 2.45) is 0 Å². The number of nitrogens with zero attached hydrogens (tertiary/aromatic N) is 2. The lowest BCUT2D eigenvalue weighted by Gasteiger charge is -2.08. The number of thioether (sulfide) groups is 1. The number of carbonyl (C=O) groups is 1. The fourth-order valence-electron chi connectivity index (χ4n) is 2.28. The minimum atomic E-state index is -0.0877. The molecule has 0 fully saturated rings. The number of aryl methyl sites for hydroxylation is 1. The molecule has 0 aliphatic rings. The highest BCUT2D eigenvalue weighted by Gasteiger charge is 2.08. The molecule has 0 bridgehead atoms. The van der Waals surface area contributed by atoms with Crippen molar-refractivity contribution in [1.29, 1.82) is 0 Å². The lowest BCUT2D eigenvalue weighted by Crippen LogP contribution is -2.14. The van der Waals surface area contributed by atoms with Crippen LogP contribution in [0, 0.1) is 6.92 Å². The van der Waals surface area contributed by atoms with Crippen LogP contribution >= 0.6 is 23.4 Å². The van der Waals surface area contributed by atoms with Gasteiger partial charge in [0.25, 0.3) is 0 Å². The Morgan fingerprint density at radius 3 is 2.68 bits per heavy atom. The molecule has 4 nitrogen and oxygen atoms in total. The average Bonchev–Trinajstić information content (AvgIpc) is 2.63. The van der Waals surface area contributed by atoms with Gasteiger partial charge in [0.15, 0.2) is 0 Å². The molecule has 0 aliphatic heterocycles. The quantitative estimate of drug-likeness (QED) is 0.516. The van der Waals surface area contributed by atoms with Crippen LogP contribution in [-0.2, 0) is 4.79 Å². The minimum Gasteiger partial charge on any atom is -0.325 e. The molecule has 1 N–H and O–H groups in total. The van der Waals surface area contributed by atoms with Crippen molar-refractivity contribution in [3.63, 3.8) is 0 Å². The van der Waals surface area contributed by atoms with Gasteiger partial charge in [-0.1, -0.05) is 53.7 Å². The molecule has 0 saturated heterocycles. The normalized spacial score (nSPS) is 10.5. The first-order valence-corrected chi connectivity index (χ1v) is 9.04. The summed E-state index contributed by atoms with van der Waals surface area (Å²) in [6.45, 7) is 1.91. The summed E-state index contributed by atoms with van der Waals surface area (Å²) in [7, 11) is 0. The first-order chi connectivity index (χ1) is 12.1. The van der Waals surface area contributed by atoms with E-state index in [0.29, 0.717) is 5.02 Å². The molecule has 0 aliphatic carbocycles. The molecular weight excluding hydrogens is 354 g/mol. The van der Waals surface area contributed by atoms with Gasteiger partial charge in [-0.25, -0.2) is 9.97 Å².